The van der Waals surface area contributed by atoms with Gasteiger partial charge in [-0.15, -0.1) is 0 Å². The summed E-state index contributed by atoms with van der Waals surface area (Å²) in [6.07, 6.45) is 1.89. The van der Waals surface area contributed by atoms with Gasteiger partial charge < -0.3 is 33.9 Å². The molecular formula is C30H40N2O7. The van der Waals surface area contributed by atoms with Gasteiger partial charge in [-0.2, -0.15) is 0 Å². The Labute approximate surface area is 230 Å². The van der Waals surface area contributed by atoms with Gasteiger partial charge in [0.1, 0.15) is 11.5 Å². The highest BCUT2D eigenvalue weighted by molar-refractivity contribution is 6.46. The first kappa shape index (κ1) is 29.8. The smallest absolute Gasteiger partial charge is 0.295 e. The second-order valence-electron chi connectivity index (χ2n) is 9.21. The second kappa shape index (κ2) is 13.9. The van der Waals surface area contributed by atoms with Gasteiger partial charge >= 0.3 is 0 Å². The summed E-state index contributed by atoms with van der Waals surface area (Å²) in [6, 6.07) is 9.48. The summed E-state index contributed by atoms with van der Waals surface area (Å²) in [5.74, 6) is 0.0488. The van der Waals surface area contributed by atoms with E-state index in [1.807, 2.05) is 13.8 Å². The van der Waals surface area contributed by atoms with Crippen LogP contribution >= 0.6 is 0 Å². The maximum absolute atomic E-state index is 13.5. The topological polar surface area (TPSA) is 97.8 Å². The summed E-state index contributed by atoms with van der Waals surface area (Å²) in [4.78, 5) is 30.6. The molecule has 3 rings (SSSR count). The molecule has 2 aromatic rings. The molecule has 0 radical (unpaired) electrons. The zero-order valence-corrected chi connectivity index (χ0v) is 23.8. The monoisotopic (exact) mass is 540 g/mol. The predicted molar refractivity (Wildman–Crippen MR) is 150 cm³/mol. The number of hydrogen-bond acceptors (Lipinski definition) is 8. The highest BCUT2D eigenvalue weighted by Crippen LogP contribution is 2.45. The molecule has 1 heterocycles. The van der Waals surface area contributed by atoms with E-state index in [1.165, 1.54) is 26.2 Å². The number of benzene rings is 2. The number of ketones is 1. The van der Waals surface area contributed by atoms with Gasteiger partial charge in [0.05, 0.1) is 39.6 Å². The standard InChI is InChI=1S/C30H40N2O7/c1-7-10-16-39-22-13-11-12-20(17-22)27(33)25-26(21-18-23(36-4)29(38-6)24(19-21)37-5)32(30(35)28(25)34)15-14-31(8-2)9-3/h11-13,17-19,26,33H,7-10,14-16H2,1-6H3. The predicted octanol–water partition coefficient (Wildman–Crippen LogP) is 4.65. The summed E-state index contributed by atoms with van der Waals surface area (Å²) in [7, 11) is 4.51. The Kier molecular flexibility index (Phi) is 10.6. The van der Waals surface area contributed by atoms with E-state index < -0.39 is 17.7 Å². The first-order valence-corrected chi connectivity index (χ1v) is 13.4. The Morgan fingerprint density at radius 1 is 0.974 bits per heavy atom. The van der Waals surface area contributed by atoms with Crippen molar-refractivity contribution in [2.24, 2.45) is 0 Å². The van der Waals surface area contributed by atoms with Crippen molar-refractivity contribution in [3.63, 3.8) is 0 Å². The molecule has 1 N–H and O–H groups in total. The lowest BCUT2D eigenvalue weighted by Crippen LogP contribution is -2.38. The average molecular weight is 541 g/mol. The fourth-order valence-corrected chi connectivity index (χ4v) is 4.73. The third-order valence-electron chi connectivity index (χ3n) is 6.97. The van der Waals surface area contributed by atoms with Crippen LogP contribution in [-0.2, 0) is 9.59 Å². The number of nitrogens with zero attached hydrogens (tertiary/aromatic N) is 2. The van der Waals surface area contributed by atoms with E-state index in [0.29, 0.717) is 53.8 Å². The van der Waals surface area contributed by atoms with Crippen LogP contribution in [0.15, 0.2) is 42.0 Å². The van der Waals surface area contributed by atoms with Crippen molar-refractivity contribution < 1.29 is 33.6 Å². The largest absolute Gasteiger partial charge is 0.507 e. The summed E-state index contributed by atoms with van der Waals surface area (Å²) < 4.78 is 22.4. The van der Waals surface area contributed by atoms with Gasteiger partial charge in [-0.05, 0) is 49.3 Å². The lowest BCUT2D eigenvalue weighted by molar-refractivity contribution is -0.140. The zero-order chi connectivity index (χ0) is 28.5. The molecular weight excluding hydrogens is 500 g/mol. The molecule has 1 fully saturated rings. The number of aliphatic hydroxyl groups is 1. The molecule has 1 aliphatic rings. The maximum Gasteiger partial charge on any atom is 0.295 e. The molecule has 1 amide bonds. The van der Waals surface area contributed by atoms with Crippen molar-refractivity contribution in [2.75, 3.05) is 54.1 Å². The number of unbranched alkanes of at least 4 members (excludes halogenated alkanes) is 1. The molecule has 0 saturated carbocycles. The average Bonchev–Trinajstić information content (AvgIpc) is 3.21. The van der Waals surface area contributed by atoms with Crippen LogP contribution in [0.4, 0.5) is 0 Å². The molecule has 0 spiro atoms. The van der Waals surface area contributed by atoms with Crippen LogP contribution in [-0.4, -0.2) is 80.7 Å². The number of carbonyl (C=O) groups is 2. The maximum atomic E-state index is 13.5. The lowest BCUT2D eigenvalue weighted by Gasteiger charge is -2.29. The van der Waals surface area contributed by atoms with Crippen molar-refractivity contribution >= 4 is 17.4 Å². The van der Waals surface area contributed by atoms with Gasteiger partial charge in [-0.3, -0.25) is 9.59 Å². The van der Waals surface area contributed by atoms with E-state index in [2.05, 4.69) is 11.8 Å². The number of ether oxygens (including phenoxy) is 4. The number of rotatable bonds is 14. The minimum Gasteiger partial charge on any atom is -0.507 e. The molecule has 1 aliphatic heterocycles. The van der Waals surface area contributed by atoms with Gasteiger partial charge in [0.15, 0.2) is 11.5 Å². The Balaban J connectivity index is 2.17. The SMILES string of the molecule is CCCCOc1cccc(C(O)=C2C(=O)C(=O)N(CCN(CC)CC)C2c2cc(OC)c(OC)c(OC)c2)c1. The van der Waals surface area contributed by atoms with Gasteiger partial charge in [0, 0.05) is 18.7 Å². The molecule has 9 nitrogen and oxygen atoms in total. The number of likely N-dealkylation sites (N-methyl/N-ethyl adjacent to an activating group) is 1. The number of methoxy groups -OCH3 is 3. The first-order chi connectivity index (χ1) is 18.8. The van der Waals surface area contributed by atoms with Gasteiger partial charge in [-0.1, -0.05) is 39.3 Å². The Morgan fingerprint density at radius 2 is 1.64 bits per heavy atom. The van der Waals surface area contributed by atoms with Crippen LogP contribution < -0.4 is 18.9 Å². The van der Waals surface area contributed by atoms with E-state index in [9.17, 15) is 14.7 Å². The summed E-state index contributed by atoms with van der Waals surface area (Å²) >= 11 is 0. The minimum atomic E-state index is -0.862. The summed E-state index contributed by atoms with van der Waals surface area (Å²) in [5.41, 5.74) is 0.947. The van der Waals surface area contributed by atoms with E-state index in [1.54, 1.807) is 36.4 Å². The fourth-order valence-electron chi connectivity index (χ4n) is 4.73. The van der Waals surface area contributed by atoms with Crippen LogP contribution in [0.3, 0.4) is 0 Å². The normalized spacial score (nSPS) is 16.6. The van der Waals surface area contributed by atoms with E-state index in [4.69, 9.17) is 18.9 Å². The number of carbonyl (C=O) groups excluding carboxylic acids is 2. The lowest BCUT2D eigenvalue weighted by atomic mass is 9.94. The van der Waals surface area contributed by atoms with Crippen LogP contribution in [0.2, 0.25) is 0 Å². The van der Waals surface area contributed by atoms with Gasteiger partial charge in [0.25, 0.3) is 11.7 Å². The third kappa shape index (κ3) is 6.47. The molecule has 9 heteroatoms. The van der Waals surface area contributed by atoms with Crippen LogP contribution in [0.5, 0.6) is 23.0 Å². The molecule has 1 atom stereocenters. The molecule has 2 aromatic carbocycles. The van der Waals surface area contributed by atoms with E-state index >= 15 is 0 Å². The summed E-state index contributed by atoms with van der Waals surface area (Å²) in [5, 5.41) is 11.5. The number of likely N-dealkylation sites (tertiary alicyclic amines) is 1. The van der Waals surface area contributed by atoms with Crippen molar-refractivity contribution in [2.45, 2.75) is 39.7 Å². The Bertz CT molecular complexity index is 1160. The molecule has 39 heavy (non-hydrogen) atoms. The van der Waals surface area contributed by atoms with Crippen LogP contribution in [0.1, 0.15) is 50.8 Å². The first-order valence-electron chi connectivity index (χ1n) is 13.4. The van der Waals surface area contributed by atoms with Crippen molar-refractivity contribution in [3.05, 3.63) is 53.1 Å². The highest BCUT2D eigenvalue weighted by Gasteiger charge is 2.46. The zero-order valence-electron chi connectivity index (χ0n) is 23.8. The molecule has 0 aliphatic carbocycles. The van der Waals surface area contributed by atoms with Crippen molar-refractivity contribution in [1.29, 1.82) is 0 Å². The fraction of sp³-hybridized carbons (Fsp3) is 0.467. The van der Waals surface area contributed by atoms with Crippen LogP contribution in [0, 0.1) is 0 Å². The number of hydrogen-bond donors (Lipinski definition) is 1. The third-order valence-corrected chi connectivity index (χ3v) is 6.97. The molecule has 0 bridgehead atoms. The van der Waals surface area contributed by atoms with Crippen molar-refractivity contribution in [1.82, 2.24) is 9.80 Å². The number of amides is 1. The highest BCUT2D eigenvalue weighted by atomic mass is 16.5. The van der Waals surface area contributed by atoms with E-state index in [-0.39, 0.29) is 11.3 Å². The minimum absolute atomic E-state index is 0.000437. The number of aliphatic hydroxyl groups excluding tert-OH is 1. The van der Waals surface area contributed by atoms with E-state index in [0.717, 1.165) is 25.9 Å². The quantitative estimate of drug-likeness (QED) is 0.160. The molecule has 1 saturated heterocycles. The van der Waals surface area contributed by atoms with Gasteiger partial charge in [0.2, 0.25) is 5.75 Å². The van der Waals surface area contributed by atoms with Gasteiger partial charge in [-0.25, -0.2) is 0 Å². The Morgan fingerprint density at radius 3 is 2.21 bits per heavy atom. The van der Waals surface area contributed by atoms with Crippen LogP contribution in [0.25, 0.3) is 5.76 Å². The molecule has 0 aromatic heterocycles. The number of Topliss-reactive ketones (excluding diaryl/α,β-unsaturated/α-hetero) is 1. The molecule has 1 unspecified atom stereocenters. The van der Waals surface area contributed by atoms with Crippen molar-refractivity contribution in [3.8, 4) is 23.0 Å². The second-order valence-corrected chi connectivity index (χ2v) is 9.21. The molecule has 212 valence electrons. The Hall–Kier alpha value is -3.72. The summed E-state index contributed by atoms with van der Waals surface area (Å²) in [6.45, 7) is 9.19.